The molecule has 5 nitrogen and oxygen atoms in total. The Labute approximate surface area is 165 Å². The molecule has 0 aliphatic heterocycles. The highest BCUT2D eigenvalue weighted by Crippen LogP contribution is 2.39. The Hall–Kier alpha value is -2.71. The van der Waals surface area contributed by atoms with Gasteiger partial charge in [-0.05, 0) is 51.8 Å². The molecular weight excluding hydrogens is 392 g/mol. The normalized spacial score (nSPS) is 15.3. The van der Waals surface area contributed by atoms with Gasteiger partial charge in [-0.15, -0.1) is 0 Å². The summed E-state index contributed by atoms with van der Waals surface area (Å²) in [6.07, 6.45) is -4.02. The SMILES string of the molecule is CC(C)OC(=O)c1cc(F)c(-c2ccc(C3CC3)nc2)nc1O[C@@H](C)C(F)(F)F. The number of nitrogens with zero attached hydrogens (tertiary/aromatic N) is 2. The van der Waals surface area contributed by atoms with Crippen molar-refractivity contribution < 1.29 is 31.8 Å². The van der Waals surface area contributed by atoms with Crippen LogP contribution in [0.1, 0.15) is 55.6 Å². The van der Waals surface area contributed by atoms with Crippen LogP contribution in [-0.2, 0) is 4.74 Å². The quantitative estimate of drug-likeness (QED) is 0.491. The predicted octanol–water partition coefficient (Wildman–Crippen LogP) is 5.05. The van der Waals surface area contributed by atoms with Crippen LogP contribution in [0.4, 0.5) is 17.6 Å². The zero-order valence-corrected chi connectivity index (χ0v) is 16.1. The number of alkyl halides is 3. The molecule has 1 saturated carbocycles. The lowest BCUT2D eigenvalue weighted by molar-refractivity contribution is -0.190. The highest BCUT2D eigenvalue weighted by atomic mass is 19.4. The molecule has 2 heterocycles. The number of esters is 1. The molecule has 29 heavy (non-hydrogen) atoms. The number of carbonyl (C=O) groups is 1. The number of rotatable bonds is 6. The minimum absolute atomic E-state index is 0.259. The van der Waals surface area contributed by atoms with Crippen molar-refractivity contribution in [2.75, 3.05) is 0 Å². The number of pyridine rings is 2. The van der Waals surface area contributed by atoms with Crippen LogP contribution in [0, 0.1) is 5.82 Å². The van der Waals surface area contributed by atoms with Crippen LogP contribution in [0.2, 0.25) is 0 Å². The predicted molar refractivity (Wildman–Crippen MR) is 96.1 cm³/mol. The van der Waals surface area contributed by atoms with Crippen LogP contribution in [-0.4, -0.2) is 34.3 Å². The summed E-state index contributed by atoms with van der Waals surface area (Å²) in [5, 5.41) is 0. The zero-order valence-electron chi connectivity index (χ0n) is 16.1. The van der Waals surface area contributed by atoms with Gasteiger partial charge >= 0.3 is 12.1 Å². The van der Waals surface area contributed by atoms with Crippen LogP contribution in [0.25, 0.3) is 11.3 Å². The molecule has 2 aromatic heterocycles. The molecule has 1 fully saturated rings. The molecule has 0 bridgehead atoms. The van der Waals surface area contributed by atoms with Crippen molar-refractivity contribution in [1.29, 1.82) is 0 Å². The van der Waals surface area contributed by atoms with E-state index in [1.807, 2.05) is 0 Å². The summed E-state index contributed by atoms with van der Waals surface area (Å²) in [6.45, 7) is 3.89. The van der Waals surface area contributed by atoms with Crippen molar-refractivity contribution in [1.82, 2.24) is 9.97 Å². The maximum absolute atomic E-state index is 14.7. The first-order valence-corrected chi connectivity index (χ1v) is 9.17. The summed E-state index contributed by atoms with van der Waals surface area (Å²) in [7, 11) is 0. The number of hydrogen-bond acceptors (Lipinski definition) is 5. The Morgan fingerprint density at radius 3 is 2.41 bits per heavy atom. The second-order valence-corrected chi connectivity index (χ2v) is 7.17. The molecule has 0 radical (unpaired) electrons. The number of carbonyl (C=O) groups excluding carboxylic acids is 1. The maximum Gasteiger partial charge on any atom is 0.425 e. The fourth-order valence-electron chi connectivity index (χ4n) is 2.59. The van der Waals surface area contributed by atoms with Crippen LogP contribution < -0.4 is 4.74 Å². The minimum atomic E-state index is -4.69. The molecule has 156 valence electrons. The summed E-state index contributed by atoms with van der Waals surface area (Å²) in [5.41, 5.74) is 0.359. The smallest absolute Gasteiger partial charge is 0.425 e. The van der Waals surface area contributed by atoms with Crippen molar-refractivity contribution >= 4 is 5.97 Å². The van der Waals surface area contributed by atoms with Crippen molar-refractivity contribution in [3.05, 3.63) is 41.5 Å². The van der Waals surface area contributed by atoms with Crippen molar-refractivity contribution in [3.63, 3.8) is 0 Å². The lowest BCUT2D eigenvalue weighted by Gasteiger charge is -2.19. The van der Waals surface area contributed by atoms with E-state index in [9.17, 15) is 22.4 Å². The summed E-state index contributed by atoms with van der Waals surface area (Å²) in [6, 6.07) is 4.10. The third kappa shape index (κ3) is 5.02. The van der Waals surface area contributed by atoms with Gasteiger partial charge in [-0.3, -0.25) is 4.98 Å². The van der Waals surface area contributed by atoms with Gasteiger partial charge in [-0.25, -0.2) is 14.2 Å². The average Bonchev–Trinajstić information content (AvgIpc) is 3.46. The first-order valence-electron chi connectivity index (χ1n) is 9.17. The Morgan fingerprint density at radius 1 is 1.21 bits per heavy atom. The molecule has 0 aromatic carbocycles. The van der Waals surface area contributed by atoms with Crippen LogP contribution in [0.15, 0.2) is 24.4 Å². The van der Waals surface area contributed by atoms with E-state index in [-0.39, 0.29) is 11.3 Å². The lowest BCUT2D eigenvalue weighted by Crippen LogP contribution is -2.32. The first kappa shape index (κ1) is 21.0. The van der Waals surface area contributed by atoms with E-state index in [1.54, 1.807) is 26.0 Å². The third-order valence-corrected chi connectivity index (χ3v) is 4.31. The third-order valence-electron chi connectivity index (χ3n) is 4.31. The number of aromatic nitrogens is 2. The fourth-order valence-corrected chi connectivity index (χ4v) is 2.59. The Bertz CT molecular complexity index is 894. The van der Waals surface area contributed by atoms with Crippen LogP contribution in [0.5, 0.6) is 5.88 Å². The largest absolute Gasteiger partial charge is 0.464 e. The van der Waals surface area contributed by atoms with Gasteiger partial charge in [0.05, 0.1) is 6.10 Å². The summed E-state index contributed by atoms with van der Waals surface area (Å²) >= 11 is 0. The van der Waals surface area contributed by atoms with E-state index in [1.165, 1.54) is 6.20 Å². The molecule has 0 spiro atoms. The molecule has 2 aromatic rings. The van der Waals surface area contributed by atoms with Crippen molar-refractivity contribution in [2.24, 2.45) is 0 Å². The van der Waals surface area contributed by atoms with E-state index in [2.05, 4.69) is 9.97 Å². The van der Waals surface area contributed by atoms with E-state index >= 15 is 0 Å². The standard InChI is InChI=1S/C20H20F4N2O3/c1-10(2)28-19(27)14-8-15(21)17(26-18(14)29-11(3)20(22,23)24)13-6-7-16(25-9-13)12-4-5-12/h6-12H,4-5H2,1-3H3/t11-/m0/s1. The molecular formula is C20H20F4N2O3. The molecule has 1 aliphatic rings. The second kappa shape index (κ2) is 7.96. The van der Waals surface area contributed by atoms with Gasteiger partial charge < -0.3 is 9.47 Å². The minimum Gasteiger partial charge on any atom is -0.464 e. The number of hydrogen-bond donors (Lipinski definition) is 0. The number of halogens is 4. The molecule has 3 rings (SSSR count). The van der Waals surface area contributed by atoms with Crippen LogP contribution in [0.3, 0.4) is 0 Å². The topological polar surface area (TPSA) is 61.3 Å². The molecule has 0 saturated heterocycles. The average molecular weight is 412 g/mol. The number of ether oxygens (including phenoxy) is 2. The van der Waals surface area contributed by atoms with Gasteiger partial charge in [0.15, 0.2) is 11.9 Å². The van der Waals surface area contributed by atoms with E-state index in [0.29, 0.717) is 5.92 Å². The fraction of sp³-hybridized carbons (Fsp3) is 0.450. The molecule has 0 amide bonds. The van der Waals surface area contributed by atoms with Gasteiger partial charge in [-0.1, -0.05) is 0 Å². The summed E-state index contributed by atoms with van der Waals surface area (Å²) in [4.78, 5) is 20.4. The van der Waals surface area contributed by atoms with Gasteiger partial charge in [0.2, 0.25) is 5.88 Å². The van der Waals surface area contributed by atoms with E-state index < -0.39 is 41.6 Å². The van der Waals surface area contributed by atoms with Crippen molar-refractivity contribution in [3.8, 4) is 17.1 Å². The molecule has 1 atom stereocenters. The highest BCUT2D eigenvalue weighted by Gasteiger charge is 2.39. The van der Waals surface area contributed by atoms with Gasteiger partial charge in [0.25, 0.3) is 0 Å². The van der Waals surface area contributed by atoms with Crippen LogP contribution >= 0.6 is 0 Å². The van der Waals surface area contributed by atoms with Gasteiger partial charge in [-0.2, -0.15) is 13.2 Å². The molecule has 1 aliphatic carbocycles. The zero-order chi connectivity index (χ0) is 21.3. The monoisotopic (exact) mass is 412 g/mol. The first-order chi connectivity index (χ1) is 13.6. The maximum atomic E-state index is 14.7. The summed E-state index contributed by atoms with van der Waals surface area (Å²) < 4.78 is 63.4. The van der Waals surface area contributed by atoms with Gasteiger partial charge in [0, 0.05) is 23.4 Å². The second-order valence-electron chi connectivity index (χ2n) is 7.17. The van der Waals surface area contributed by atoms with Crippen molar-refractivity contribution in [2.45, 2.75) is 57.9 Å². The Kier molecular flexibility index (Phi) is 5.77. The Morgan fingerprint density at radius 2 is 1.90 bits per heavy atom. The molecule has 9 heteroatoms. The lowest BCUT2D eigenvalue weighted by atomic mass is 10.1. The van der Waals surface area contributed by atoms with E-state index in [0.717, 1.165) is 31.5 Å². The highest BCUT2D eigenvalue weighted by molar-refractivity contribution is 5.92. The van der Waals surface area contributed by atoms with E-state index in [4.69, 9.17) is 9.47 Å². The summed E-state index contributed by atoms with van der Waals surface area (Å²) in [5.74, 6) is -2.18. The molecule has 0 N–H and O–H groups in total. The molecule has 0 unspecified atom stereocenters. The van der Waals surface area contributed by atoms with Gasteiger partial charge in [0.1, 0.15) is 11.3 Å². The Balaban J connectivity index is 2.01.